The van der Waals surface area contributed by atoms with Gasteiger partial charge < -0.3 is 10.2 Å². The number of carbonyl (C=O) groups is 1. The molecule has 1 amide bonds. The van der Waals surface area contributed by atoms with E-state index in [0.29, 0.717) is 6.54 Å². The Bertz CT molecular complexity index is 1320. The van der Waals surface area contributed by atoms with Gasteiger partial charge in [0.1, 0.15) is 5.52 Å². The summed E-state index contributed by atoms with van der Waals surface area (Å²) in [7, 11) is 0. The van der Waals surface area contributed by atoms with Crippen molar-refractivity contribution in [2.75, 3.05) is 18.0 Å². The van der Waals surface area contributed by atoms with E-state index in [1.807, 2.05) is 16.9 Å². The SMILES string of the molecule is Cc1ccc(CNC(=O)C2CCN(c3nccn4nc(-c5cc(C)ccc5C)cc34)CC2)cc1. The van der Waals surface area contributed by atoms with Crippen LogP contribution in [0.5, 0.6) is 0 Å². The van der Waals surface area contributed by atoms with E-state index in [1.54, 1.807) is 0 Å². The van der Waals surface area contributed by atoms with E-state index >= 15 is 0 Å². The summed E-state index contributed by atoms with van der Waals surface area (Å²) in [5.74, 6) is 1.12. The third-order valence-electron chi connectivity index (χ3n) is 6.79. The molecule has 1 N–H and O–H groups in total. The lowest BCUT2D eigenvalue weighted by molar-refractivity contribution is -0.125. The Hall–Kier alpha value is -3.67. The smallest absolute Gasteiger partial charge is 0.223 e. The first kappa shape index (κ1) is 22.1. The number of carbonyl (C=O) groups excluding carboxylic acids is 1. The predicted octanol–water partition coefficient (Wildman–Crippen LogP) is 4.85. The molecule has 1 aliphatic heterocycles. The van der Waals surface area contributed by atoms with Crippen LogP contribution < -0.4 is 10.2 Å². The number of hydrogen-bond acceptors (Lipinski definition) is 4. The lowest BCUT2D eigenvalue weighted by atomic mass is 9.95. The van der Waals surface area contributed by atoms with Gasteiger partial charge in [-0.3, -0.25) is 4.79 Å². The van der Waals surface area contributed by atoms with Crippen molar-refractivity contribution in [2.24, 2.45) is 5.92 Å². The highest BCUT2D eigenvalue weighted by atomic mass is 16.1. The van der Waals surface area contributed by atoms with Crippen LogP contribution in [0.2, 0.25) is 0 Å². The number of fused-ring (bicyclic) bond motifs is 1. The molecule has 34 heavy (non-hydrogen) atoms. The van der Waals surface area contributed by atoms with Gasteiger partial charge in [0.2, 0.25) is 5.91 Å². The third kappa shape index (κ3) is 4.53. The molecule has 0 saturated carbocycles. The van der Waals surface area contributed by atoms with E-state index in [-0.39, 0.29) is 11.8 Å². The van der Waals surface area contributed by atoms with Crippen LogP contribution in [0.1, 0.15) is 35.1 Å². The summed E-state index contributed by atoms with van der Waals surface area (Å²) in [6, 6.07) is 16.9. The van der Waals surface area contributed by atoms with Gasteiger partial charge in [-0.1, -0.05) is 47.5 Å². The van der Waals surface area contributed by atoms with Crippen molar-refractivity contribution in [3.05, 3.63) is 83.2 Å². The Morgan fingerprint density at radius 1 is 1.00 bits per heavy atom. The molecule has 0 atom stereocenters. The Balaban J connectivity index is 1.27. The quantitative estimate of drug-likeness (QED) is 0.469. The van der Waals surface area contributed by atoms with E-state index in [1.165, 1.54) is 16.7 Å². The summed E-state index contributed by atoms with van der Waals surface area (Å²) in [5, 5.41) is 7.94. The molecule has 6 heteroatoms. The van der Waals surface area contributed by atoms with E-state index in [0.717, 1.165) is 54.1 Å². The third-order valence-corrected chi connectivity index (χ3v) is 6.79. The van der Waals surface area contributed by atoms with Crippen molar-refractivity contribution >= 4 is 17.2 Å². The number of anilines is 1. The standard InChI is InChI=1S/C28H31N5O/c1-19-5-8-22(9-6-19)18-30-28(34)23-10-13-32(14-11-23)27-26-17-25(31-33(26)15-12-29-27)24-16-20(2)4-7-21(24)3/h4-9,12,15-17,23H,10-11,13-14,18H2,1-3H3,(H,30,34). The fourth-order valence-corrected chi connectivity index (χ4v) is 4.69. The Morgan fingerprint density at radius 2 is 1.74 bits per heavy atom. The molecule has 0 aliphatic carbocycles. The lowest BCUT2D eigenvalue weighted by Gasteiger charge is -2.32. The summed E-state index contributed by atoms with van der Waals surface area (Å²) < 4.78 is 1.92. The average molecular weight is 454 g/mol. The number of nitrogens with one attached hydrogen (secondary N) is 1. The number of hydrogen-bond donors (Lipinski definition) is 1. The first-order valence-corrected chi connectivity index (χ1v) is 12.0. The van der Waals surface area contributed by atoms with Gasteiger partial charge in [-0.25, -0.2) is 9.50 Å². The number of amides is 1. The van der Waals surface area contributed by atoms with Crippen molar-refractivity contribution in [1.82, 2.24) is 19.9 Å². The zero-order valence-electron chi connectivity index (χ0n) is 20.1. The summed E-state index contributed by atoms with van der Waals surface area (Å²) >= 11 is 0. The summed E-state index contributed by atoms with van der Waals surface area (Å²) in [6.07, 6.45) is 5.35. The van der Waals surface area contributed by atoms with Gasteiger partial charge in [0.05, 0.1) is 5.69 Å². The minimum Gasteiger partial charge on any atom is -0.355 e. The van der Waals surface area contributed by atoms with Gasteiger partial charge in [0.25, 0.3) is 0 Å². The molecule has 5 rings (SSSR count). The topological polar surface area (TPSA) is 62.5 Å². The fourth-order valence-electron chi connectivity index (χ4n) is 4.69. The molecule has 174 valence electrons. The average Bonchev–Trinajstić information content (AvgIpc) is 3.29. The molecular formula is C28H31N5O. The molecule has 4 aromatic rings. The van der Waals surface area contributed by atoms with Crippen molar-refractivity contribution in [3.63, 3.8) is 0 Å². The van der Waals surface area contributed by atoms with Gasteiger partial charge in [-0.2, -0.15) is 5.10 Å². The van der Waals surface area contributed by atoms with Crippen molar-refractivity contribution in [3.8, 4) is 11.3 Å². The first-order valence-electron chi connectivity index (χ1n) is 12.0. The lowest BCUT2D eigenvalue weighted by Crippen LogP contribution is -2.40. The van der Waals surface area contributed by atoms with Crippen LogP contribution in [0.4, 0.5) is 5.82 Å². The second kappa shape index (κ2) is 9.29. The van der Waals surface area contributed by atoms with E-state index in [2.05, 4.69) is 79.5 Å². The maximum absolute atomic E-state index is 12.8. The predicted molar refractivity (Wildman–Crippen MR) is 136 cm³/mol. The maximum Gasteiger partial charge on any atom is 0.223 e. The first-order chi connectivity index (χ1) is 16.5. The minimum absolute atomic E-state index is 0.0387. The molecule has 0 spiro atoms. The number of benzene rings is 2. The van der Waals surface area contributed by atoms with Crippen LogP contribution in [0.25, 0.3) is 16.8 Å². The number of nitrogens with zero attached hydrogens (tertiary/aromatic N) is 4. The molecule has 2 aromatic carbocycles. The molecule has 0 bridgehead atoms. The van der Waals surface area contributed by atoms with Crippen LogP contribution in [-0.2, 0) is 11.3 Å². The highest BCUT2D eigenvalue weighted by Gasteiger charge is 2.26. The molecule has 1 saturated heterocycles. The molecule has 3 heterocycles. The molecule has 0 unspecified atom stereocenters. The molecular weight excluding hydrogens is 422 g/mol. The highest BCUT2D eigenvalue weighted by molar-refractivity contribution is 5.80. The van der Waals surface area contributed by atoms with E-state index in [9.17, 15) is 4.79 Å². The zero-order valence-corrected chi connectivity index (χ0v) is 20.1. The van der Waals surface area contributed by atoms with Crippen LogP contribution in [-0.4, -0.2) is 33.6 Å². The van der Waals surface area contributed by atoms with Gasteiger partial charge >= 0.3 is 0 Å². The second-order valence-corrected chi connectivity index (χ2v) is 9.39. The summed E-state index contributed by atoms with van der Waals surface area (Å²) in [4.78, 5) is 19.7. The molecule has 0 radical (unpaired) electrons. The molecule has 2 aromatic heterocycles. The van der Waals surface area contributed by atoms with Crippen LogP contribution in [0.15, 0.2) is 60.9 Å². The van der Waals surface area contributed by atoms with Gasteiger partial charge in [-0.05, 0) is 56.9 Å². The minimum atomic E-state index is 0.0387. The molecule has 1 fully saturated rings. The van der Waals surface area contributed by atoms with E-state index in [4.69, 9.17) is 10.1 Å². The van der Waals surface area contributed by atoms with E-state index < -0.39 is 0 Å². The molecule has 1 aliphatic rings. The Labute approximate surface area is 200 Å². The van der Waals surface area contributed by atoms with Gasteiger partial charge in [0, 0.05) is 43.5 Å². The number of rotatable bonds is 5. The van der Waals surface area contributed by atoms with Crippen LogP contribution in [0.3, 0.4) is 0 Å². The monoisotopic (exact) mass is 453 g/mol. The zero-order chi connectivity index (χ0) is 23.7. The van der Waals surface area contributed by atoms with Crippen LogP contribution in [0, 0.1) is 26.7 Å². The Kier molecular flexibility index (Phi) is 6.05. The maximum atomic E-state index is 12.8. The summed E-state index contributed by atoms with van der Waals surface area (Å²) in [6.45, 7) is 8.48. The molecule has 6 nitrogen and oxygen atoms in total. The largest absolute Gasteiger partial charge is 0.355 e. The Morgan fingerprint density at radius 3 is 2.50 bits per heavy atom. The van der Waals surface area contributed by atoms with Crippen LogP contribution >= 0.6 is 0 Å². The number of aryl methyl sites for hydroxylation is 3. The number of aromatic nitrogens is 3. The summed E-state index contributed by atoms with van der Waals surface area (Å²) in [5.41, 5.74) is 7.90. The van der Waals surface area contributed by atoms with Crippen molar-refractivity contribution in [2.45, 2.75) is 40.2 Å². The fraction of sp³-hybridized carbons (Fsp3) is 0.321. The number of piperidine rings is 1. The van der Waals surface area contributed by atoms with Gasteiger partial charge in [0.15, 0.2) is 5.82 Å². The highest BCUT2D eigenvalue weighted by Crippen LogP contribution is 2.30. The second-order valence-electron chi connectivity index (χ2n) is 9.39. The van der Waals surface area contributed by atoms with Gasteiger partial charge in [-0.15, -0.1) is 0 Å². The van der Waals surface area contributed by atoms with Crippen molar-refractivity contribution < 1.29 is 4.79 Å². The van der Waals surface area contributed by atoms with Crippen molar-refractivity contribution in [1.29, 1.82) is 0 Å². The normalized spacial score (nSPS) is 14.5.